The SMILES string of the molecule is CCOC(=O)c1c(C2CC2)csc1NC(=O)CSc1nc2ccccc2c(=O)n1CC. The van der Waals surface area contributed by atoms with E-state index in [1.165, 1.54) is 23.1 Å². The summed E-state index contributed by atoms with van der Waals surface area (Å²) < 4.78 is 6.77. The predicted octanol–water partition coefficient (Wildman–Crippen LogP) is 4.26. The van der Waals surface area contributed by atoms with Crippen LogP contribution in [-0.4, -0.2) is 33.8 Å². The summed E-state index contributed by atoms with van der Waals surface area (Å²) >= 11 is 2.55. The average Bonchev–Trinajstić information content (AvgIpc) is 3.53. The Kier molecular flexibility index (Phi) is 6.43. The Morgan fingerprint density at radius 2 is 2.06 bits per heavy atom. The monoisotopic (exact) mass is 457 g/mol. The lowest BCUT2D eigenvalue weighted by Gasteiger charge is -2.11. The molecule has 7 nitrogen and oxygen atoms in total. The molecule has 4 rings (SSSR count). The van der Waals surface area contributed by atoms with Crippen LogP contribution in [0.2, 0.25) is 0 Å². The number of carbonyl (C=O) groups is 2. The van der Waals surface area contributed by atoms with Crippen LogP contribution in [0.15, 0.2) is 39.6 Å². The third-order valence-corrected chi connectivity index (χ3v) is 6.93. The van der Waals surface area contributed by atoms with Gasteiger partial charge in [0, 0.05) is 6.54 Å². The van der Waals surface area contributed by atoms with E-state index in [1.54, 1.807) is 23.6 Å². The van der Waals surface area contributed by atoms with Gasteiger partial charge in [0.15, 0.2) is 5.16 Å². The Balaban J connectivity index is 1.52. The van der Waals surface area contributed by atoms with E-state index in [1.807, 2.05) is 24.4 Å². The van der Waals surface area contributed by atoms with Gasteiger partial charge in [0.25, 0.3) is 5.56 Å². The molecule has 1 aliphatic rings. The molecule has 2 heterocycles. The quantitative estimate of drug-likeness (QED) is 0.309. The third kappa shape index (κ3) is 4.52. The molecular weight excluding hydrogens is 434 g/mol. The lowest BCUT2D eigenvalue weighted by atomic mass is 10.1. The van der Waals surface area contributed by atoms with Crippen LogP contribution in [0.25, 0.3) is 10.9 Å². The molecule has 3 aromatic rings. The van der Waals surface area contributed by atoms with Crippen LogP contribution in [0.3, 0.4) is 0 Å². The fraction of sp³-hybridized carbons (Fsp3) is 0.364. The minimum atomic E-state index is -0.398. The van der Waals surface area contributed by atoms with Crippen molar-refractivity contribution in [2.24, 2.45) is 0 Å². The first-order valence-electron chi connectivity index (χ1n) is 10.2. The van der Waals surface area contributed by atoms with Gasteiger partial charge in [-0.05, 0) is 55.7 Å². The Hall–Kier alpha value is -2.65. The fourth-order valence-corrected chi connectivity index (χ4v) is 5.31. The van der Waals surface area contributed by atoms with Crippen LogP contribution < -0.4 is 10.9 Å². The number of para-hydroxylation sites is 1. The second kappa shape index (κ2) is 9.23. The smallest absolute Gasteiger partial charge is 0.341 e. The van der Waals surface area contributed by atoms with E-state index in [9.17, 15) is 14.4 Å². The number of amides is 1. The summed E-state index contributed by atoms with van der Waals surface area (Å²) in [5.41, 5.74) is 1.93. The Bertz CT molecular complexity index is 1200. The minimum Gasteiger partial charge on any atom is -0.462 e. The number of aromatic nitrogens is 2. The van der Waals surface area contributed by atoms with E-state index >= 15 is 0 Å². The number of benzene rings is 1. The first kappa shape index (κ1) is 21.6. The lowest BCUT2D eigenvalue weighted by Crippen LogP contribution is -2.23. The van der Waals surface area contributed by atoms with Crippen molar-refractivity contribution < 1.29 is 14.3 Å². The maximum Gasteiger partial charge on any atom is 0.341 e. The molecule has 9 heteroatoms. The van der Waals surface area contributed by atoms with E-state index in [-0.39, 0.29) is 23.8 Å². The van der Waals surface area contributed by atoms with Crippen LogP contribution in [0.1, 0.15) is 48.5 Å². The number of hydrogen-bond acceptors (Lipinski definition) is 7. The van der Waals surface area contributed by atoms with Crippen molar-refractivity contribution in [2.75, 3.05) is 17.7 Å². The number of esters is 1. The molecule has 0 aliphatic heterocycles. The van der Waals surface area contributed by atoms with E-state index < -0.39 is 5.97 Å². The molecule has 31 heavy (non-hydrogen) atoms. The zero-order valence-electron chi connectivity index (χ0n) is 17.3. The van der Waals surface area contributed by atoms with Gasteiger partial charge in [-0.25, -0.2) is 9.78 Å². The molecule has 0 saturated heterocycles. The Morgan fingerprint density at radius 1 is 1.29 bits per heavy atom. The molecule has 162 valence electrons. The number of ether oxygens (including phenoxy) is 1. The van der Waals surface area contributed by atoms with Crippen molar-refractivity contribution in [3.05, 3.63) is 51.1 Å². The molecule has 0 atom stereocenters. The molecule has 1 fully saturated rings. The number of anilines is 1. The van der Waals surface area contributed by atoms with Crippen molar-refractivity contribution in [3.8, 4) is 0 Å². The van der Waals surface area contributed by atoms with Crippen LogP contribution in [0.5, 0.6) is 0 Å². The largest absolute Gasteiger partial charge is 0.462 e. The molecule has 0 spiro atoms. The van der Waals surface area contributed by atoms with Gasteiger partial charge < -0.3 is 10.1 Å². The summed E-state index contributed by atoms with van der Waals surface area (Å²) in [5, 5.41) is 6.37. The number of rotatable bonds is 8. The Labute approximate surface area is 187 Å². The zero-order chi connectivity index (χ0) is 22.0. The average molecular weight is 458 g/mol. The van der Waals surface area contributed by atoms with Gasteiger partial charge in [-0.15, -0.1) is 11.3 Å². The maximum atomic E-state index is 12.7. The van der Waals surface area contributed by atoms with Crippen molar-refractivity contribution in [2.45, 2.75) is 44.3 Å². The normalized spacial score (nSPS) is 13.4. The number of carbonyl (C=O) groups excluding carboxylic acids is 2. The van der Waals surface area contributed by atoms with Crippen molar-refractivity contribution in [3.63, 3.8) is 0 Å². The standard InChI is InChI=1S/C22H23N3O4S2/c1-3-25-20(27)14-7-5-6-8-16(14)23-22(25)31-12-17(26)24-19-18(21(28)29-4-2)15(11-30-19)13-9-10-13/h5-8,11,13H,3-4,9-10,12H2,1-2H3,(H,24,26). The summed E-state index contributed by atoms with van der Waals surface area (Å²) in [6.45, 7) is 4.38. The van der Waals surface area contributed by atoms with Gasteiger partial charge in [0.1, 0.15) is 5.00 Å². The lowest BCUT2D eigenvalue weighted by molar-refractivity contribution is -0.113. The molecule has 1 saturated carbocycles. The van der Waals surface area contributed by atoms with Crippen molar-refractivity contribution >= 4 is 50.9 Å². The zero-order valence-corrected chi connectivity index (χ0v) is 19.0. The van der Waals surface area contributed by atoms with Gasteiger partial charge in [-0.2, -0.15) is 0 Å². The summed E-state index contributed by atoms with van der Waals surface area (Å²) in [4.78, 5) is 42.4. The number of nitrogens with zero attached hydrogens (tertiary/aromatic N) is 2. The van der Waals surface area contributed by atoms with Crippen LogP contribution >= 0.6 is 23.1 Å². The molecule has 1 aliphatic carbocycles. The third-order valence-electron chi connectivity index (χ3n) is 5.04. The van der Waals surface area contributed by atoms with Gasteiger partial charge in [-0.1, -0.05) is 23.9 Å². The predicted molar refractivity (Wildman–Crippen MR) is 123 cm³/mol. The summed E-state index contributed by atoms with van der Waals surface area (Å²) in [5.74, 6) is -0.213. The molecule has 0 radical (unpaired) electrons. The molecule has 0 bridgehead atoms. The highest BCUT2D eigenvalue weighted by atomic mass is 32.2. The minimum absolute atomic E-state index is 0.0731. The summed E-state index contributed by atoms with van der Waals surface area (Å²) in [6.07, 6.45) is 2.10. The van der Waals surface area contributed by atoms with Crippen LogP contribution in [-0.2, 0) is 16.1 Å². The maximum absolute atomic E-state index is 12.7. The summed E-state index contributed by atoms with van der Waals surface area (Å²) in [7, 11) is 0. The molecule has 2 aromatic heterocycles. The number of nitrogens with one attached hydrogen (secondary N) is 1. The molecule has 1 amide bonds. The molecule has 1 aromatic carbocycles. The first-order chi connectivity index (χ1) is 15.0. The van der Waals surface area contributed by atoms with E-state index in [2.05, 4.69) is 10.3 Å². The van der Waals surface area contributed by atoms with Gasteiger partial charge in [-0.3, -0.25) is 14.2 Å². The second-order valence-corrected chi connectivity index (χ2v) is 9.01. The van der Waals surface area contributed by atoms with E-state index in [0.29, 0.717) is 39.1 Å². The van der Waals surface area contributed by atoms with Gasteiger partial charge in [0.2, 0.25) is 5.91 Å². The number of fused-ring (bicyclic) bond motifs is 1. The van der Waals surface area contributed by atoms with Crippen LogP contribution in [0, 0.1) is 0 Å². The van der Waals surface area contributed by atoms with Crippen LogP contribution in [0.4, 0.5) is 5.00 Å². The molecule has 0 unspecified atom stereocenters. The first-order valence-corrected chi connectivity index (χ1v) is 12.1. The fourth-order valence-electron chi connectivity index (χ4n) is 3.40. The molecule has 1 N–H and O–H groups in total. The Morgan fingerprint density at radius 3 is 2.77 bits per heavy atom. The summed E-state index contributed by atoms with van der Waals surface area (Å²) in [6, 6.07) is 7.18. The number of thiophene rings is 1. The topological polar surface area (TPSA) is 90.3 Å². The van der Waals surface area contributed by atoms with E-state index in [4.69, 9.17) is 4.74 Å². The van der Waals surface area contributed by atoms with Crippen molar-refractivity contribution in [1.29, 1.82) is 0 Å². The van der Waals surface area contributed by atoms with Gasteiger partial charge >= 0.3 is 5.97 Å². The second-order valence-electron chi connectivity index (χ2n) is 7.19. The highest BCUT2D eigenvalue weighted by Crippen LogP contribution is 2.46. The number of hydrogen-bond donors (Lipinski definition) is 1. The highest BCUT2D eigenvalue weighted by molar-refractivity contribution is 7.99. The number of thioether (sulfide) groups is 1. The molecular formula is C22H23N3O4S2. The van der Waals surface area contributed by atoms with Crippen molar-refractivity contribution in [1.82, 2.24) is 9.55 Å². The van der Waals surface area contributed by atoms with Gasteiger partial charge in [0.05, 0.1) is 28.8 Å². The highest BCUT2D eigenvalue weighted by Gasteiger charge is 2.32. The van der Waals surface area contributed by atoms with E-state index in [0.717, 1.165) is 18.4 Å².